The van der Waals surface area contributed by atoms with Gasteiger partial charge in [-0.15, -0.1) is 0 Å². The van der Waals surface area contributed by atoms with Crippen molar-refractivity contribution < 1.29 is 58.6 Å². The van der Waals surface area contributed by atoms with Crippen LogP contribution in [0.4, 0.5) is 5.69 Å². The maximum absolute atomic E-state index is 13.2. The number of ether oxygens (including phenoxy) is 4. The zero-order valence-electron chi connectivity index (χ0n) is 42.3. The number of nitrogens with zero attached hydrogens (tertiary/aromatic N) is 2. The normalized spacial score (nSPS) is 31.1. The predicted molar refractivity (Wildman–Crippen MR) is 272 cm³/mol. The van der Waals surface area contributed by atoms with Gasteiger partial charge >= 0.3 is 0 Å². The summed E-state index contributed by atoms with van der Waals surface area (Å²) in [5, 5.41) is 59.9. The molecule has 13 rings (SSSR count). The van der Waals surface area contributed by atoms with E-state index in [1.54, 1.807) is 12.1 Å². The number of phenols is 2. The molecule has 2 saturated carbocycles. The molecule has 398 valence electrons. The van der Waals surface area contributed by atoms with Crippen LogP contribution >= 0.6 is 0 Å². The summed E-state index contributed by atoms with van der Waals surface area (Å²) in [5.41, 5.74) is 3.38. The number of piperidine rings is 2. The molecule has 1 aromatic heterocycles. The molecule has 4 bridgehead atoms. The Kier molecular flexibility index (Phi) is 11.7. The highest BCUT2D eigenvalue weighted by Crippen LogP contribution is 2.70. The standard InChI is InChI=1S/C56H67N7O12/c1-62-20-16-53-45-31-10-12-37(64)49(45)74-51(53)36(14-15-55(53,70)39(62)22-31)60-44(69)29-73-27-42(67)58-19-4-2-3-18-57-41(66)26-72-28-43(68)59-35-7-5-6-33-34-24-56(71)40-23-32-11-13-38(65)50-46(32)54(56,17-21-63(40)25-30-8-9-30)52(75-50)48(34)61-47(33)35/h5-7,10-13,30,36,39-40,51-52,61,64-65,70-71H,2-4,8-9,14-29H2,1H3,(H,57,66)(H,58,67)(H,59,68)(H,60,69)/t36-,39+,40+,51-,52-,53-,54-,55+,56+/m0/s1. The fourth-order valence-corrected chi connectivity index (χ4v) is 15.5. The van der Waals surface area contributed by atoms with Crippen LogP contribution in [0.5, 0.6) is 23.0 Å². The summed E-state index contributed by atoms with van der Waals surface area (Å²) in [7, 11) is 2.04. The van der Waals surface area contributed by atoms with Crippen molar-refractivity contribution in [1.29, 1.82) is 0 Å². The SMILES string of the molecule is CN1CC[C@]23c4c5ccc(O)c4O[C@H]2[C@@H](NC(=O)COCC(=O)NCCCCCNC(=O)COCC(=O)Nc2cccc4c6c([nH]c24)[C@@H]2Oc4c(O)ccc7c4[C@@]24CCN(CC2CC2)[C@H](C7)[C@]4(O)C6)CC[C@@]3(O)[C@H]1C5. The number of phenolic OH excluding ortho intramolecular Hbond substituents is 2. The first-order valence-electron chi connectivity index (χ1n) is 27.1. The molecule has 4 aromatic rings. The van der Waals surface area contributed by atoms with Crippen molar-refractivity contribution in [2.75, 3.05) is 71.5 Å². The summed E-state index contributed by atoms with van der Waals surface area (Å²) in [6.07, 6.45) is 7.46. The van der Waals surface area contributed by atoms with Gasteiger partial charge in [0, 0.05) is 54.7 Å². The number of amides is 4. The highest BCUT2D eigenvalue weighted by atomic mass is 16.5. The molecule has 0 radical (unpaired) electrons. The monoisotopic (exact) mass is 1030 g/mol. The van der Waals surface area contributed by atoms with Gasteiger partial charge < -0.3 is 70.5 Å². The second kappa shape index (κ2) is 18.1. The van der Waals surface area contributed by atoms with Crippen molar-refractivity contribution >= 4 is 40.2 Å². The molecule has 4 amide bonds. The number of hydrogen-bond donors (Lipinski definition) is 9. The molecule has 4 fully saturated rings. The van der Waals surface area contributed by atoms with Crippen LogP contribution in [-0.2, 0) is 58.7 Å². The third kappa shape index (κ3) is 7.42. The number of carbonyl (C=O) groups excluding carboxylic acids is 4. The first-order chi connectivity index (χ1) is 36.2. The number of carbonyl (C=O) groups is 4. The summed E-state index contributed by atoms with van der Waals surface area (Å²) < 4.78 is 24.2. The quantitative estimate of drug-likeness (QED) is 0.0650. The number of nitrogens with one attached hydrogen (secondary N) is 5. The van der Waals surface area contributed by atoms with E-state index in [4.69, 9.17) is 18.9 Å². The first-order valence-corrected chi connectivity index (χ1v) is 27.1. The van der Waals surface area contributed by atoms with Crippen LogP contribution in [0.15, 0.2) is 42.5 Å². The van der Waals surface area contributed by atoms with Crippen LogP contribution in [0, 0.1) is 5.92 Å². The van der Waals surface area contributed by atoms with Crippen molar-refractivity contribution in [3.8, 4) is 23.0 Å². The molecule has 9 atom stereocenters. The molecule has 9 N–H and O–H groups in total. The van der Waals surface area contributed by atoms with E-state index in [1.807, 2.05) is 37.4 Å². The van der Waals surface area contributed by atoms with Gasteiger partial charge in [0.2, 0.25) is 23.6 Å². The molecule has 0 unspecified atom stereocenters. The number of unbranched alkanes of at least 4 members (excludes halogenated alkanes) is 2. The van der Waals surface area contributed by atoms with E-state index >= 15 is 0 Å². The molecule has 5 aliphatic carbocycles. The maximum atomic E-state index is 13.2. The van der Waals surface area contributed by atoms with Crippen molar-refractivity contribution in [1.82, 2.24) is 30.7 Å². The molecule has 75 heavy (non-hydrogen) atoms. The predicted octanol–water partition coefficient (Wildman–Crippen LogP) is 2.62. The Hall–Kier alpha value is -5.96. The first kappa shape index (κ1) is 48.7. The van der Waals surface area contributed by atoms with Crippen LogP contribution in [0.3, 0.4) is 0 Å². The Labute approximate surface area is 434 Å². The summed E-state index contributed by atoms with van der Waals surface area (Å²) in [6.45, 7) is 2.11. The van der Waals surface area contributed by atoms with Gasteiger partial charge in [0.15, 0.2) is 29.1 Å². The van der Waals surface area contributed by atoms with E-state index in [-0.39, 0.29) is 61.8 Å². The summed E-state index contributed by atoms with van der Waals surface area (Å²) in [5.74, 6) is 0.130. The lowest BCUT2D eigenvalue weighted by atomic mass is 9.48. The zero-order valence-corrected chi connectivity index (χ0v) is 42.3. The number of aromatic hydroxyl groups is 2. The Morgan fingerprint density at radius 3 is 2.11 bits per heavy atom. The van der Waals surface area contributed by atoms with E-state index in [9.17, 15) is 39.6 Å². The molecule has 9 aliphatic rings. The topological polar surface area (TPSA) is 257 Å². The van der Waals surface area contributed by atoms with Crippen LogP contribution in [0.25, 0.3) is 10.9 Å². The molecule has 5 heterocycles. The highest BCUT2D eigenvalue weighted by Gasteiger charge is 2.74. The number of aliphatic hydroxyl groups is 2. The number of H-pyrrole nitrogens is 1. The highest BCUT2D eigenvalue weighted by molar-refractivity contribution is 6.03. The summed E-state index contributed by atoms with van der Waals surface area (Å²) >= 11 is 0. The Bertz CT molecular complexity index is 3020. The second-order valence-electron chi connectivity index (χ2n) is 23.0. The molecule has 19 nitrogen and oxygen atoms in total. The fourth-order valence-electron chi connectivity index (χ4n) is 15.5. The summed E-state index contributed by atoms with van der Waals surface area (Å²) in [4.78, 5) is 59.8. The van der Waals surface area contributed by atoms with Gasteiger partial charge in [0.05, 0.1) is 45.0 Å². The van der Waals surface area contributed by atoms with Crippen LogP contribution in [0.1, 0.15) is 97.4 Å². The number of fused-ring (bicyclic) bond motifs is 4. The molecular formula is C56H67N7O12. The van der Waals surface area contributed by atoms with Crippen LogP contribution in [-0.4, -0.2) is 160 Å². The lowest BCUT2D eigenvalue weighted by molar-refractivity contribution is -0.187. The number of aromatic nitrogens is 1. The Balaban J connectivity index is 0.532. The van der Waals surface area contributed by atoms with Gasteiger partial charge in [-0.05, 0) is 132 Å². The van der Waals surface area contributed by atoms with Crippen molar-refractivity contribution in [3.05, 3.63) is 76.0 Å². The van der Waals surface area contributed by atoms with Crippen molar-refractivity contribution in [2.24, 2.45) is 5.92 Å². The van der Waals surface area contributed by atoms with Crippen LogP contribution < -0.4 is 30.7 Å². The molecule has 3 aromatic carbocycles. The number of likely N-dealkylation sites (N-methyl/N-ethyl adjacent to an activating group) is 1. The van der Waals surface area contributed by atoms with Gasteiger partial charge in [-0.25, -0.2) is 0 Å². The van der Waals surface area contributed by atoms with Crippen molar-refractivity contribution in [2.45, 2.75) is 129 Å². The number of para-hydroxylation sites is 1. The maximum Gasteiger partial charge on any atom is 0.250 e. The van der Waals surface area contributed by atoms with Gasteiger partial charge in [-0.2, -0.15) is 0 Å². The third-order valence-electron chi connectivity index (χ3n) is 19.0. The second-order valence-corrected chi connectivity index (χ2v) is 23.0. The number of rotatable bonds is 18. The minimum atomic E-state index is -1.13. The van der Waals surface area contributed by atoms with Crippen LogP contribution in [0.2, 0.25) is 0 Å². The number of benzene rings is 3. The number of hydrogen-bond acceptors (Lipinski definition) is 14. The number of anilines is 1. The largest absolute Gasteiger partial charge is 0.504 e. The van der Waals surface area contributed by atoms with Gasteiger partial charge in [0.25, 0.3) is 0 Å². The van der Waals surface area contributed by atoms with Gasteiger partial charge in [-0.1, -0.05) is 24.3 Å². The average molecular weight is 1030 g/mol. The Morgan fingerprint density at radius 2 is 1.39 bits per heavy atom. The smallest absolute Gasteiger partial charge is 0.250 e. The molecule has 4 aliphatic heterocycles. The van der Waals surface area contributed by atoms with Crippen molar-refractivity contribution in [3.63, 3.8) is 0 Å². The lowest BCUT2D eigenvalue weighted by Gasteiger charge is -2.63. The third-order valence-corrected chi connectivity index (χ3v) is 19.0. The number of likely N-dealkylation sites (tertiary alicyclic amines) is 2. The summed E-state index contributed by atoms with van der Waals surface area (Å²) in [6, 6.07) is 12.3. The van der Waals surface area contributed by atoms with Gasteiger partial charge in [-0.3, -0.25) is 24.1 Å². The minimum absolute atomic E-state index is 0.0355. The zero-order chi connectivity index (χ0) is 51.6. The Morgan fingerprint density at radius 1 is 0.733 bits per heavy atom. The molecular weight excluding hydrogens is 963 g/mol. The van der Waals surface area contributed by atoms with E-state index in [2.05, 4.69) is 36.1 Å². The van der Waals surface area contributed by atoms with E-state index in [0.717, 1.165) is 65.0 Å². The van der Waals surface area contributed by atoms with E-state index < -0.39 is 52.1 Å². The molecule has 2 saturated heterocycles. The number of aromatic amines is 1. The lowest BCUT2D eigenvalue weighted by Crippen LogP contribution is -2.77. The van der Waals surface area contributed by atoms with E-state index in [1.165, 1.54) is 12.8 Å². The van der Waals surface area contributed by atoms with E-state index in [0.29, 0.717) is 99.5 Å². The molecule has 19 heteroatoms. The molecule has 2 spiro atoms. The average Bonchev–Trinajstić information content (AvgIpc) is 4.13. The fraction of sp³-hybridized carbons (Fsp3) is 0.571. The van der Waals surface area contributed by atoms with Gasteiger partial charge in [0.1, 0.15) is 32.5 Å². The minimum Gasteiger partial charge on any atom is -0.504 e.